The van der Waals surface area contributed by atoms with Gasteiger partial charge in [-0.05, 0) is 26.3 Å². The fraction of sp³-hybridized carbons (Fsp3) is 1.00. The molecule has 16 heavy (non-hydrogen) atoms. The Labute approximate surface area is 103 Å². The van der Waals surface area contributed by atoms with Crippen molar-refractivity contribution < 1.29 is 8.95 Å². The molecule has 0 aliphatic carbocycles. The molecule has 0 heterocycles. The number of hydrogen-bond donors (Lipinski definition) is 1. The van der Waals surface area contributed by atoms with Crippen LogP contribution in [-0.2, 0) is 15.5 Å². The highest BCUT2D eigenvalue weighted by molar-refractivity contribution is 7.85. The number of ether oxygens (including phenoxy) is 1. The van der Waals surface area contributed by atoms with Crippen LogP contribution in [0.5, 0.6) is 0 Å². The lowest BCUT2D eigenvalue weighted by atomic mass is 10.1. The highest BCUT2D eigenvalue weighted by atomic mass is 32.2. The summed E-state index contributed by atoms with van der Waals surface area (Å²) < 4.78 is 17.1. The monoisotopic (exact) mass is 249 g/mol. The average Bonchev–Trinajstić information content (AvgIpc) is 2.29. The molecule has 0 saturated heterocycles. The fourth-order valence-corrected chi connectivity index (χ4v) is 3.69. The Morgan fingerprint density at radius 3 is 2.50 bits per heavy atom. The molecule has 0 aromatic rings. The smallest absolute Gasteiger partial charge is 0.0498 e. The third-order valence-electron chi connectivity index (χ3n) is 2.85. The number of hydrogen-bond acceptors (Lipinski definition) is 3. The van der Waals surface area contributed by atoms with E-state index in [0.29, 0.717) is 12.6 Å². The van der Waals surface area contributed by atoms with Crippen LogP contribution in [0.1, 0.15) is 39.5 Å². The van der Waals surface area contributed by atoms with Gasteiger partial charge in [0, 0.05) is 41.6 Å². The van der Waals surface area contributed by atoms with Gasteiger partial charge in [-0.2, -0.15) is 0 Å². The minimum absolute atomic E-state index is 0.279. The Bertz CT molecular complexity index is 188. The molecule has 0 amide bonds. The van der Waals surface area contributed by atoms with Gasteiger partial charge < -0.3 is 10.1 Å². The Morgan fingerprint density at radius 1 is 1.38 bits per heavy atom. The van der Waals surface area contributed by atoms with Crippen LogP contribution in [0.25, 0.3) is 0 Å². The molecule has 0 spiro atoms. The summed E-state index contributed by atoms with van der Waals surface area (Å²) in [7, 11) is 2.92. The molecule has 4 heteroatoms. The quantitative estimate of drug-likeness (QED) is 0.601. The molecule has 0 aliphatic heterocycles. The summed E-state index contributed by atoms with van der Waals surface area (Å²) in [6.07, 6.45) is 4.11. The normalized spacial score (nSPS) is 17.0. The molecule has 1 N–H and O–H groups in total. The van der Waals surface area contributed by atoms with Gasteiger partial charge in [0.1, 0.15) is 0 Å². The van der Waals surface area contributed by atoms with Gasteiger partial charge in [-0.1, -0.05) is 20.3 Å². The van der Waals surface area contributed by atoms with E-state index in [-0.39, 0.29) is 5.25 Å². The van der Waals surface area contributed by atoms with Gasteiger partial charge in [-0.25, -0.2) is 0 Å². The van der Waals surface area contributed by atoms with E-state index in [2.05, 4.69) is 19.2 Å². The zero-order valence-electron chi connectivity index (χ0n) is 11.1. The first-order valence-corrected chi connectivity index (χ1v) is 7.62. The van der Waals surface area contributed by atoms with Crippen LogP contribution in [0.3, 0.4) is 0 Å². The molecule has 98 valence electrons. The van der Waals surface area contributed by atoms with E-state index in [1.54, 1.807) is 7.11 Å². The first-order chi connectivity index (χ1) is 7.71. The predicted octanol–water partition coefficient (Wildman–Crippen LogP) is 1.94. The van der Waals surface area contributed by atoms with Crippen LogP contribution < -0.4 is 5.32 Å². The second-order valence-corrected chi connectivity index (χ2v) is 5.84. The number of nitrogens with one attached hydrogen (secondary N) is 1. The largest absolute Gasteiger partial charge is 0.385 e. The van der Waals surface area contributed by atoms with Crippen LogP contribution in [0.15, 0.2) is 0 Å². The predicted molar refractivity (Wildman–Crippen MR) is 71.3 cm³/mol. The van der Waals surface area contributed by atoms with Crippen molar-refractivity contribution in [3.63, 3.8) is 0 Å². The van der Waals surface area contributed by atoms with E-state index in [0.717, 1.165) is 31.4 Å². The molecule has 0 radical (unpaired) electrons. The summed E-state index contributed by atoms with van der Waals surface area (Å²) in [6.45, 7) is 5.00. The van der Waals surface area contributed by atoms with Gasteiger partial charge in [-0.3, -0.25) is 4.21 Å². The lowest BCUT2D eigenvalue weighted by Crippen LogP contribution is -2.40. The fourth-order valence-electron chi connectivity index (χ4n) is 1.98. The lowest BCUT2D eigenvalue weighted by molar-refractivity contribution is 0.200. The third-order valence-corrected chi connectivity index (χ3v) is 4.88. The van der Waals surface area contributed by atoms with Crippen molar-refractivity contribution in [1.29, 1.82) is 0 Å². The van der Waals surface area contributed by atoms with Gasteiger partial charge in [0.25, 0.3) is 0 Å². The van der Waals surface area contributed by atoms with Crippen molar-refractivity contribution in [2.45, 2.75) is 50.8 Å². The van der Waals surface area contributed by atoms with E-state index in [1.807, 2.05) is 7.05 Å². The van der Waals surface area contributed by atoms with Crippen LogP contribution in [0.4, 0.5) is 0 Å². The minimum atomic E-state index is -0.733. The van der Waals surface area contributed by atoms with Crippen LogP contribution >= 0.6 is 0 Å². The van der Waals surface area contributed by atoms with Crippen molar-refractivity contribution >= 4 is 10.8 Å². The molecule has 0 aromatic carbocycles. The van der Waals surface area contributed by atoms with Crippen molar-refractivity contribution in [2.75, 3.05) is 26.5 Å². The topological polar surface area (TPSA) is 38.3 Å². The number of methoxy groups -OCH3 is 1. The molecule has 3 unspecified atom stereocenters. The standard InChI is InChI=1S/C12H27NO2S/c1-5-8-11(13-3)12(6-2)16(14)10-7-9-15-4/h11-13H,5-10H2,1-4H3. The molecular formula is C12H27NO2S. The van der Waals surface area contributed by atoms with Crippen molar-refractivity contribution in [3.8, 4) is 0 Å². The molecule has 0 bridgehead atoms. The highest BCUT2D eigenvalue weighted by Gasteiger charge is 2.23. The van der Waals surface area contributed by atoms with Gasteiger partial charge in [0.2, 0.25) is 0 Å². The first-order valence-electron chi connectivity index (χ1n) is 6.24. The Kier molecular flexibility index (Phi) is 10.3. The average molecular weight is 249 g/mol. The van der Waals surface area contributed by atoms with E-state index < -0.39 is 10.8 Å². The van der Waals surface area contributed by atoms with Gasteiger partial charge in [-0.15, -0.1) is 0 Å². The van der Waals surface area contributed by atoms with Crippen LogP contribution in [0.2, 0.25) is 0 Å². The second-order valence-electron chi connectivity index (χ2n) is 4.06. The molecular weight excluding hydrogens is 222 g/mol. The maximum atomic E-state index is 12.1. The zero-order valence-corrected chi connectivity index (χ0v) is 11.9. The first kappa shape index (κ1) is 16.1. The van der Waals surface area contributed by atoms with Crippen molar-refractivity contribution in [1.82, 2.24) is 5.32 Å². The van der Waals surface area contributed by atoms with Crippen molar-refractivity contribution in [2.24, 2.45) is 0 Å². The van der Waals surface area contributed by atoms with Gasteiger partial charge >= 0.3 is 0 Å². The summed E-state index contributed by atoms with van der Waals surface area (Å²) in [6, 6.07) is 0.387. The maximum Gasteiger partial charge on any atom is 0.0498 e. The summed E-state index contributed by atoms with van der Waals surface area (Å²) in [5.41, 5.74) is 0. The molecule has 0 saturated carbocycles. The molecule has 0 rings (SSSR count). The maximum absolute atomic E-state index is 12.1. The molecule has 0 aliphatic rings. The highest BCUT2D eigenvalue weighted by Crippen LogP contribution is 2.13. The molecule has 3 nitrogen and oxygen atoms in total. The number of rotatable bonds is 10. The van der Waals surface area contributed by atoms with E-state index in [4.69, 9.17) is 4.74 Å². The van der Waals surface area contributed by atoms with E-state index >= 15 is 0 Å². The van der Waals surface area contributed by atoms with Crippen LogP contribution in [-0.4, -0.2) is 42.0 Å². The van der Waals surface area contributed by atoms with Crippen LogP contribution in [0, 0.1) is 0 Å². The molecule has 3 atom stereocenters. The molecule has 0 aromatic heterocycles. The summed E-state index contributed by atoms with van der Waals surface area (Å²) in [5, 5.41) is 3.58. The Balaban J connectivity index is 4.16. The zero-order chi connectivity index (χ0) is 12.4. The Morgan fingerprint density at radius 2 is 2.06 bits per heavy atom. The summed E-state index contributed by atoms with van der Waals surface area (Å²) in [5.74, 6) is 0.758. The van der Waals surface area contributed by atoms with E-state index in [9.17, 15) is 4.21 Å². The molecule has 0 fully saturated rings. The summed E-state index contributed by atoms with van der Waals surface area (Å²) >= 11 is 0. The second kappa shape index (κ2) is 10.2. The lowest BCUT2D eigenvalue weighted by Gasteiger charge is -2.25. The Hall–Kier alpha value is 0.0700. The van der Waals surface area contributed by atoms with Gasteiger partial charge in [0.15, 0.2) is 0 Å². The van der Waals surface area contributed by atoms with Crippen molar-refractivity contribution in [3.05, 3.63) is 0 Å². The SMILES string of the molecule is CCCC(NC)C(CC)S(=O)CCCOC. The van der Waals surface area contributed by atoms with E-state index in [1.165, 1.54) is 0 Å². The van der Waals surface area contributed by atoms with Gasteiger partial charge in [0.05, 0.1) is 0 Å². The summed E-state index contributed by atoms with van der Waals surface area (Å²) in [4.78, 5) is 0. The minimum Gasteiger partial charge on any atom is -0.385 e. The third kappa shape index (κ3) is 5.97.